The van der Waals surface area contributed by atoms with E-state index in [-0.39, 0.29) is 11.1 Å². The van der Waals surface area contributed by atoms with Crippen LogP contribution in [0.3, 0.4) is 0 Å². The predicted molar refractivity (Wildman–Crippen MR) is 62.0 cm³/mol. The van der Waals surface area contributed by atoms with E-state index < -0.39 is 5.82 Å². The molecule has 0 aliphatic heterocycles. The molecular weight excluding hydrogens is 229 g/mol. The molecule has 0 saturated heterocycles. The van der Waals surface area contributed by atoms with E-state index in [4.69, 9.17) is 11.6 Å². The Balaban J connectivity index is 1.86. The number of nitrogens with one attached hydrogen (secondary N) is 1. The molecule has 1 aliphatic rings. The molecule has 0 saturated carbocycles. The van der Waals surface area contributed by atoms with Gasteiger partial charge in [0.1, 0.15) is 0 Å². The second-order valence-corrected chi connectivity index (χ2v) is 4.11. The Hall–Kier alpha value is -1.16. The second-order valence-electron chi connectivity index (χ2n) is 3.77. The highest BCUT2D eigenvalue weighted by atomic mass is 35.5. The van der Waals surface area contributed by atoms with Gasteiger partial charge in [0.2, 0.25) is 5.28 Å². The summed E-state index contributed by atoms with van der Waals surface area (Å²) >= 11 is 5.58. The zero-order valence-electron chi connectivity index (χ0n) is 8.84. The maximum absolute atomic E-state index is 13.2. The van der Waals surface area contributed by atoms with Crippen LogP contribution in [-0.2, 0) is 0 Å². The summed E-state index contributed by atoms with van der Waals surface area (Å²) in [6.07, 6.45) is 7.83. The summed E-state index contributed by atoms with van der Waals surface area (Å²) in [6, 6.07) is 0. The van der Waals surface area contributed by atoms with Gasteiger partial charge in [-0.05, 0) is 37.3 Å². The fourth-order valence-electron chi connectivity index (χ4n) is 1.78. The smallest absolute Gasteiger partial charge is 0.224 e. The summed E-state index contributed by atoms with van der Waals surface area (Å²) < 4.78 is 13.2. The standard InChI is InChI=1S/C11H13ClFN3/c12-11-15-7-9(13)10(16-11)14-6-5-8-3-1-2-4-8/h3,7H,1-2,4-6H2,(H,14,15,16). The van der Waals surface area contributed by atoms with Crippen molar-refractivity contribution in [2.45, 2.75) is 25.7 Å². The van der Waals surface area contributed by atoms with Crippen LogP contribution in [0.4, 0.5) is 10.2 Å². The fourth-order valence-corrected chi connectivity index (χ4v) is 1.91. The lowest BCUT2D eigenvalue weighted by atomic mass is 10.2. The highest BCUT2D eigenvalue weighted by Gasteiger charge is 2.07. The molecule has 0 atom stereocenters. The molecule has 1 heterocycles. The van der Waals surface area contributed by atoms with Crippen LogP contribution in [-0.4, -0.2) is 16.5 Å². The topological polar surface area (TPSA) is 37.8 Å². The minimum atomic E-state index is -0.468. The van der Waals surface area contributed by atoms with Crippen molar-refractivity contribution >= 4 is 17.4 Å². The first-order valence-corrected chi connectivity index (χ1v) is 5.73. The number of aromatic nitrogens is 2. The number of hydrogen-bond donors (Lipinski definition) is 1. The zero-order valence-corrected chi connectivity index (χ0v) is 9.60. The molecule has 16 heavy (non-hydrogen) atoms. The molecular formula is C11H13ClFN3. The van der Waals surface area contributed by atoms with Gasteiger partial charge in [-0.25, -0.2) is 9.37 Å². The maximum Gasteiger partial charge on any atom is 0.224 e. The highest BCUT2D eigenvalue weighted by molar-refractivity contribution is 6.28. The molecule has 2 rings (SSSR count). The summed E-state index contributed by atoms with van der Waals surface area (Å²) in [6.45, 7) is 0.677. The number of nitrogens with zero attached hydrogens (tertiary/aromatic N) is 2. The molecule has 0 bridgehead atoms. The van der Waals surface area contributed by atoms with Gasteiger partial charge in [-0.2, -0.15) is 4.98 Å². The monoisotopic (exact) mass is 241 g/mol. The van der Waals surface area contributed by atoms with E-state index >= 15 is 0 Å². The Morgan fingerprint density at radius 2 is 2.38 bits per heavy atom. The van der Waals surface area contributed by atoms with Gasteiger partial charge in [0.15, 0.2) is 11.6 Å². The Morgan fingerprint density at radius 1 is 1.50 bits per heavy atom. The Morgan fingerprint density at radius 3 is 3.12 bits per heavy atom. The van der Waals surface area contributed by atoms with Crippen LogP contribution in [0.5, 0.6) is 0 Å². The van der Waals surface area contributed by atoms with Crippen LogP contribution in [0.1, 0.15) is 25.7 Å². The molecule has 3 nitrogen and oxygen atoms in total. The third kappa shape index (κ3) is 2.92. The molecule has 5 heteroatoms. The quantitative estimate of drug-likeness (QED) is 0.650. The van der Waals surface area contributed by atoms with E-state index in [1.165, 1.54) is 18.4 Å². The first-order valence-electron chi connectivity index (χ1n) is 5.35. The molecule has 0 fully saturated rings. The Kier molecular flexibility index (Phi) is 3.72. The van der Waals surface area contributed by atoms with Crippen molar-refractivity contribution in [2.24, 2.45) is 0 Å². The van der Waals surface area contributed by atoms with Crippen molar-refractivity contribution < 1.29 is 4.39 Å². The molecule has 1 N–H and O–H groups in total. The van der Waals surface area contributed by atoms with Crippen LogP contribution in [0.15, 0.2) is 17.8 Å². The first-order chi connectivity index (χ1) is 7.75. The van der Waals surface area contributed by atoms with Gasteiger partial charge >= 0.3 is 0 Å². The van der Waals surface area contributed by atoms with Gasteiger partial charge in [-0.3, -0.25) is 0 Å². The van der Waals surface area contributed by atoms with Crippen LogP contribution in [0.25, 0.3) is 0 Å². The fraction of sp³-hybridized carbons (Fsp3) is 0.455. The molecule has 1 aliphatic carbocycles. The van der Waals surface area contributed by atoms with Gasteiger partial charge in [0, 0.05) is 6.54 Å². The number of anilines is 1. The van der Waals surface area contributed by atoms with E-state index in [0.29, 0.717) is 6.54 Å². The lowest BCUT2D eigenvalue weighted by Crippen LogP contribution is -2.06. The predicted octanol–water partition coefficient (Wildman–Crippen LogP) is 3.18. The molecule has 0 amide bonds. The van der Waals surface area contributed by atoms with Crippen molar-refractivity contribution in [3.05, 3.63) is 28.9 Å². The van der Waals surface area contributed by atoms with Crippen LogP contribution < -0.4 is 5.32 Å². The van der Waals surface area contributed by atoms with E-state index in [0.717, 1.165) is 19.0 Å². The average molecular weight is 242 g/mol. The largest absolute Gasteiger partial charge is 0.367 e. The average Bonchev–Trinajstić information content (AvgIpc) is 2.76. The van der Waals surface area contributed by atoms with Crippen molar-refractivity contribution in [1.29, 1.82) is 0 Å². The first kappa shape index (κ1) is 11.3. The lowest BCUT2D eigenvalue weighted by molar-refractivity contribution is 0.616. The Labute approximate surface area is 98.7 Å². The van der Waals surface area contributed by atoms with Gasteiger partial charge in [-0.15, -0.1) is 0 Å². The van der Waals surface area contributed by atoms with Crippen LogP contribution >= 0.6 is 11.6 Å². The van der Waals surface area contributed by atoms with Crippen molar-refractivity contribution in [3.8, 4) is 0 Å². The number of hydrogen-bond acceptors (Lipinski definition) is 3. The highest BCUT2D eigenvalue weighted by Crippen LogP contribution is 2.20. The third-order valence-corrected chi connectivity index (χ3v) is 2.77. The lowest BCUT2D eigenvalue weighted by Gasteiger charge is -2.06. The van der Waals surface area contributed by atoms with Crippen molar-refractivity contribution in [2.75, 3.05) is 11.9 Å². The Bertz CT molecular complexity index is 406. The summed E-state index contributed by atoms with van der Waals surface area (Å²) in [7, 11) is 0. The number of halogens is 2. The molecule has 1 aromatic heterocycles. The van der Waals surface area contributed by atoms with Crippen LogP contribution in [0.2, 0.25) is 5.28 Å². The molecule has 0 aromatic carbocycles. The number of allylic oxidation sites excluding steroid dienone is 1. The maximum atomic E-state index is 13.2. The van der Waals surface area contributed by atoms with Crippen molar-refractivity contribution in [3.63, 3.8) is 0 Å². The van der Waals surface area contributed by atoms with E-state index in [2.05, 4.69) is 21.4 Å². The minimum absolute atomic E-state index is 0.0592. The second kappa shape index (κ2) is 5.25. The summed E-state index contributed by atoms with van der Waals surface area (Å²) in [4.78, 5) is 7.34. The summed E-state index contributed by atoms with van der Waals surface area (Å²) in [5, 5.41) is 2.99. The van der Waals surface area contributed by atoms with Gasteiger partial charge in [-0.1, -0.05) is 11.6 Å². The van der Waals surface area contributed by atoms with Gasteiger partial charge in [0.25, 0.3) is 0 Å². The van der Waals surface area contributed by atoms with Crippen molar-refractivity contribution in [1.82, 2.24) is 9.97 Å². The van der Waals surface area contributed by atoms with E-state index in [9.17, 15) is 4.39 Å². The van der Waals surface area contributed by atoms with E-state index in [1.807, 2.05) is 0 Å². The normalized spacial score (nSPS) is 15.0. The summed E-state index contributed by atoms with van der Waals surface area (Å²) in [5.74, 6) is -0.289. The third-order valence-electron chi connectivity index (χ3n) is 2.59. The van der Waals surface area contributed by atoms with E-state index in [1.54, 1.807) is 0 Å². The molecule has 1 aromatic rings. The molecule has 0 spiro atoms. The minimum Gasteiger partial charge on any atom is -0.367 e. The molecule has 0 radical (unpaired) electrons. The molecule has 0 unspecified atom stereocenters. The van der Waals surface area contributed by atoms with Crippen LogP contribution in [0, 0.1) is 5.82 Å². The SMILES string of the molecule is Fc1cnc(Cl)nc1NCCC1=CCCC1. The number of rotatable bonds is 4. The molecule has 86 valence electrons. The van der Waals surface area contributed by atoms with Gasteiger partial charge in [0.05, 0.1) is 6.20 Å². The van der Waals surface area contributed by atoms with Gasteiger partial charge < -0.3 is 5.32 Å². The summed E-state index contributed by atoms with van der Waals surface area (Å²) in [5.41, 5.74) is 1.44. The zero-order chi connectivity index (χ0) is 11.4.